The lowest BCUT2D eigenvalue weighted by molar-refractivity contribution is 0.0952. The Kier molecular flexibility index (Phi) is 4.21. The molecule has 0 saturated carbocycles. The van der Waals surface area contributed by atoms with Crippen LogP contribution in [0.5, 0.6) is 0 Å². The highest BCUT2D eigenvalue weighted by molar-refractivity contribution is 9.10. The van der Waals surface area contributed by atoms with Crippen molar-refractivity contribution in [2.75, 3.05) is 5.73 Å². The van der Waals surface area contributed by atoms with Crippen molar-refractivity contribution < 1.29 is 4.79 Å². The molecule has 0 aliphatic rings. The summed E-state index contributed by atoms with van der Waals surface area (Å²) in [6.45, 7) is 4.64. The summed E-state index contributed by atoms with van der Waals surface area (Å²) >= 11 is 4.97. The Labute approximate surface area is 124 Å². The van der Waals surface area contributed by atoms with E-state index in [9.17, 15) is 4.79 Å². The zero-order valence-electron chi connectivity index (χ0n) is 10.7. The van der Waals surface area contributed by atoms with Crippen LogP contribution in [0.3, 0.4) is 0 Å². The summed E-state index contributed by atoms with van der Waals surface area (Å²) in [4.78, 5) is 18.4. The van der Waals surface area contributed by atoms with E-state index >= 15 is 0 Å². The molecular weight excluding hydrogens is 326 g/mol. The minimum atomic E-state index is -0.213. The lowest BCUT2D eigenvalue weighted by Gasteiger charge is -2.06. The van der Waals surface area contributed by atoms with Gasteiger partial charge in [0.25, 0.3) is 5.91 Å². The third kappa shape index (κ3) is 3.33. The maximum absolute atomic E-state index is 12.0. The highest BCUT2D eigenvalue weighted by Gasteiger charge is 2.11. The van der Waals surface area contributed by atoms with E-state index in [4.69, 9.17) is 5.73 Å². The van der Waals surface area contributed by atoms with Crippen molar-refractivity contribution in [1.82, 2.24) is 10.3 Å². The Hall–Kier alpha value is -1.40. The molecule has 0 aliphatic heterocycles. The fraction of sp³-hybridized carbons (Fsp3) is 0.231. The first-order valence-corrected chi connectivity index (χ1v) is 7.33. The SMILES string of the molecule is Cc1cc(CNC(=O)c2cc(Br)cnc2N)sc1C. The highest BCUT2D eigenvalue weighted by atomic mass is 79.9. The van der Waals surface area contributed by atoms with Crippen molar-refractivity contribution in [3.05, 3.63) is 43.7 Å². The molecule has 0 aliphatic carbocycles. The first-order chi connectivity index (χ1) is 8.97. The van der Waals surface area contributed by atoms with E-state index in [0.717, 1.165) is 9.35 Å². The Balaban J connectivity index is 2.07. The van der Waals surface area contributed by atoms with Gasteiger partial charge < -0.3 is 11.1 Å². The molecule has 6 heteroatoms. The Morgan fingerprint density at radius 2 is 2.21 bits per heavy atom. The van der Waals surface area contributed by atoms with Gasteiger partial charge in [-0.15, -0.1) is 11.3 Å². The van der Waals surface area contributed by atoms with Crippen LogP contribution in [0.1, 0.15) is 25.7 Å². The summed E-state index contributed by atoms with van der Waals surface area (Å²) in [5.41, 5.74) is 7.33. The van der Waals surface area contributed by atoms with E-state index in [2.05, 4.69) is 46.1 Å². The number of nitrogens with two attached hydrogens (primary N) is 1. The van der Waals surface area contributed by atoms with Crippen molar-refractivity contribution >= 4 is 39.0 Å². The average molecular weight is 340 g/mol. The molecule has 0 saturated heterocycles. The van der Waals surface area contributed by atoms with Gasteiger partial charge in [-0.1, -0.05) is 0 Å². The Morgan fingerprint density at radius 1 is 1.47 bits per heavy atom. The fourth-order valence-corrected chi connectivity index (χ4v) is 2.96. The van der Waals surface area contributed by atoms with Crippen molar-refractivity contribution in [1.29, 1.82) is 0 Å². The maximum atomic E-state index is 12.0. The Morgan fingerprint density at radius 3 is 2.84 bits per heavy atom. The van der Waals surface area contributed by atoms with Crippen LogP contribution in [-0.4, -0.2) is 10.9 Å². The number of hydrogen-bond donors (Lipinski definition) is 2. The van der Waals surface area contributed by atoms with Gasteiger partial charge in [-0.05, 0) is 47.5 Å². The van der Waals surface area contributed by atoms with Crippen molar-refractivity contribution in [3.8, 4) is 0 Å². The molecule has 19 heavy (non-hydrogen) atoms. The molecule has 2 heterocycles. The van der Waals surface area contributed by atoms with Crippen LogP contribution < -0.4 is 11.1 Å². The number of hydrogen-bond acceptors (Lipinski definition) is 4. The number of carbonyl (C=O) groups is 1. The van der Waals surface area contributed by atoms with Crippen LogP contribution in [-0.2, 0) is 6.54 Å². The molecule has 2 aromatic rings. The number of nitrogens with zero attached hydrogens (tertiary/aromatic N) is 1. The summed E-state index contributed by atoms with van der Waals surface area (Å²) in [6.07, 6.45) is 1.57. The molecule has 2 rings (SSSR count). The van der Waals surface area contributed by atoms with Crippen LogP contribution in [0.15, 0.2) is 22.8 Å². The molecule has 0 radical (unpaired) electrons. The number of nitrogen functional groups attached to an aromatic ring is 1. The zero-order chi connectivity index (χ0) is 14.0. The summed E-state index contributed by atoms with van der Waals surface area (Å²) in [6, 6.07) is 3.76. The predicted molar refractivity (Wildman–Crippen MR) is 81.3 cm³/mol. The van der Waals surface area contributed by atoms with Crippen molar-refractivity contribution in [2.24, 2.45) is 0 Å². The number of thiophene rings is 1. The fourth-order valence-electron chi connectivity index (χ4n) is 1.63. The molecule has 4 nitrogen and oxygen atoms in total. The van der Waals surface area contributed by atoms with Gasteiger partial charge in [-0.3, -0.25) is 4.79 Å². The quantitative estimate of drug-likeness (QED) is 0.902. The minimum Gasteiger partial charge on any atom is -0.383 e. The van der Waals surface area contributed by atoms with E-state index in [1.807, 2.05) is 0 Å². The third-order valence-corrected chi connectivity index (χ3v) is 4.36. The number of pyridine rings is 1. The number of anilines is 1. The highest BCUT2D eigenvalue weighted by Crippen LogP contribution is 2.21. The van der Waals surface area contributed by atoms with Crippen molar-refractivity contribution in [3.63, 3.8) is 0 Å². The second-order valence-electron chi connectivity index (χ2n) is 4.22. The topological polar surface area (TPSA) is 68.0 Å². The van der Waals surface area contributed by atoms with E-state index < -0.39 is 0 Å². The van der Waals surface area contributed by atoms with Gasteiger partial charge in [0.05, 0.1) is 12.1 Å². The molecule has 2 aromatic heterocycles. The molecule has 0 spiro atoms. The number of carbonyl (C=O) groups excluding carboxylic acids is 1. The zero-order valence-corrected chi connectivity index (χ0v) is 13.1. The molecule has 0 fully saturated rings. The second-order valence-corrected chi connectivity index (χ2v) is 6.48. The predicted octanol–water partition coefficient (Wildman–Crippen LogP) is 3.03. The van der Waals surface area contributed by atoms with E-state index in [-0.39, 0.29) is 11.7 Å². The van der Waals surface area contributed by atoms with Gasteiger partial charge in [0.2, 0.25) is 0 Å². The number of amides is 1. The molecule has 0 atom stereocenters. The summed E-state index contributed by atoms with van der Waals surface area (Å²) in [5, 5.41) is 2.85. The van der Waals surface area contributed by atoms with E-state index in [1.165, 1.54) is 10.4 Å². The van der Waals surface area contributed by atoms with Crippen LogP contribution in [0.2, 0.25) is 0 Å². The molecule has 100 valence electrons. The smallest absolute Gasteiger partial charge is 0.255 e. The standard InChI is InChI=1S/C13H14BrN3OS/c1-7-3-10(19-8(7)2)6-17-13(18)11-4-9(14)5-16-12(11)15/h3-5H,6H2,1-2H3,(H2,15,16)(H,17,18). The van der Waals surface area contributed by atoms with E-state index in [0.29, 0.717) is 12.1 Å². The maximum Gasteiger partial charge on any atom is 0.255 e. The molecule has 1 amide bonds. The largest absolute Gasteiger partial charge is 0.383 e. The molecule has 0 bridgehead atoms. The average Bonchev–Trinajstić information content (AvgIpc) is 2.69. The van der Waals surface area contributed by atoms with Crippen molar-refractivity contribution in [2.45, 2.75) is 20.4 Å². The molecule has 0 aromatic carbocycles. The van der Waals surface area contributed by atoms with Gasteiger partial charge in [0.1, 0.15) is 5.82 Å². The Bertz CT molecular complexity index is 605. The van der Waals surface area contributed by atoms with Gasteiger partial charge in [-0.2, -0.15) is 0 Å². The molecule has 3 N–H and O–H groups in total. The molecule has 0 unspecified atom stereocenters. The van der Waals surface area contributed by atoms with Gasteiger partial charge >= 0.3 is 0 Å². The summed E-state index contributed by atoms with van der Waals surface area (Å²) < 4.78 is 0.731. The lowest BCUT2D eigenvalue weighted by Crippen LogP contribution is -2.23. The third-order valence-electron chi connectivity index (χ3n) is 2.77. The second kappa shape index (κ2) is 5.71. The van der Waals surface area contributed by atoms with Crippen LogP contribution in [0, 0.1) is 13.8 Å². The minimum absolute atomic E-state index is 0.213. The lowest BCUT2D eigenvalue weighted by atomic mass is 10.2. The van der Waals surface area contributed by atoms with Crippen LogP contribution in [0.25, 0.3) is 0 Å². The number of nitrogens with one attached hydrogen (secondary N) is 1. The number of aromatic nitrogens is 1. The van der Waals surface area contributed by atoms with Gasteiger partial charge in [-0.25, -0.2) is 4.98 Å². The monoisotopic (exact) mass is 339 g/mol. The summed E-state index contributed by atoms with van der Waals surface area (Å²) in [5.74, 6) is 0.0225. The van der Waals surface area contributed by atoms with Gasteiger partial charge in [0, 0.05) is 20.4 Å². The number of rotatable bonds is 3. The normalized spacial score (nSPS) is 10.5. The van der Waals surface area contributed by atoms with E-state index in [1.54, 1.807) is 23.6 Å². The van der Waals surface area contributed by atoms with Crippen LogP contribution >= 0.6 is 27.3 Å². The molecular formula is C13H14BrN3OS. The first kappa shape index (κ1) is 14.0. The van der Waals surface area contributed by atoms with Gasteiger partial charge in [0.15, 0.2) is 0 Å². The number of halogens is 1. The number of aryl methyl sites for hydroxylation is 2. The summed E-state index contributed by atoms with van der Waals surface area (Å²) in [7, 11) is 0. The van der Waals surface area contributed by atoms with Crippen LogP contribution in [0.4, 0.5) is 5.82 Å². The first-order valence-electron chi connectivity index (χ1n) is 5.72.